The Labute approximate surface area is 179 Å². The molecule has 0 fully saturated rings. The highest BCUT2D eigenvalue weighted by Crippen LogP contribution is 2.28. The van der Waals surface area contributed by atoms with Gasteiger partial charge >= 0.3 is 5.97 Å². The Hall–Kier alpha value is -2.10. The lowest BCUT2D eigenvalue weighted by molar-refractivity contribution is 0.0450. The lowest BCUT2D eigenvalue weighted by Gasteiger charge is -2.20. The minimum atomic E-state index is -3.79. The van der Waals surface area contributed by atoms with Gasteiger partial charge in [-0.25, -0.2) is 13.2 Å². The van der Waals surface area contributed by atoms with Gasteiger partial charge in [-0.15, -0.1) is 0 Å². The number of halogens is 1. The molecule has 7 nitrogen and oxygen atoms in total. The molecular formula is C20H24BrNO6S. The van der Waals surface area contributed by atoms with E-state index in [2.05, 4.69) is 15.9 Å². The zero-order chi connectivity index (χ0) is 21.4. The van der Waals surface area contributed by atoms with Crippen molar-refractivity contribution in [3.05, 3.63) is 52.5 Å². The first-order valence-corrected chi connectivity index (χ1v) is 11.3. The molecule has 0 spiro atoms. The Bertz CT molecular complexity index is 926. The number of carbonyl (C=O) groups excluding carboxylic acids is 1. The lowest BCUT2D eigenvalue weighted by Crippen LogP contribution is -2.31. The predicted molar refractivity (Wildman–Crippen MR) is 113 cm³/mol. The smallest absolute Gasteiger partial charge is 0.338 e. The van der Waals surface area contributed by atoms with Gasteiger partial charge in [0.15, 0.2) is 0 Å². The largest absolute Gasteiger partial charge is 0.495 e. The fraction of sp³-hybridized carbons (Fsp3) is 0.350. The maximum Gasteiger partial charge on any atom is 0.338 e. The molecule has 0 atom stereocenters. The van der Waals surface area contributed by atoms with Crippen molar-refractivity contribution in [3.8, 4) is 11.5 Å². The molecule has 0 saturated heterocycles. The zero-order valence-corrected chi connectivity index (χ0v) is 19.0. The Kier molecular flexibility index (Phi) is 8.48. The van der Waals surface area contributed by atoms with Crippen LogP contribution < -0.4 is 9.47 Å². The molecule has 2 rings (SSSR count). The Balaban J connectivity index is 2.07. The van der Waals surface area contributed by atoms with Gasteiger partial charge in [-0.2, -0.15) is 4.31 Å². The number of nitrogens with zero attached hydrogens (tertiary/aromatic N) is 1. The van der Waals surface area contributed by atoms with E-state index in [4.69, 9.17) is 14.2 Å². The van der Waals surface area contributed by atoms with Gasteiger partial charge in [0.2, 0.25) is 10.0 Å². The minimum Gasteiger partial charge on any atom is -0.495 e. The van der Waals surface area contributed by atoms with Gasteiger partial charge in [0.05, 0.1) is 12.7 Å². The lowest BCUT2D eigenvalue weighted by atomic mass is 10.2. The van der Waals surface area contributed by atoms with Crippen LogP contribution >= 0.6 is 15.9 Å². The molecule has 0 N–H and O–H groups in total. The molecule has 0 bridgehead atoms. The van der Waals surface area contributed by atoms with Crippen molar-refractivity contribution in [2.75, 3.05) is 33.4 Å². The fourth-order valence-electron chi connectivity index (χ4n) is 2.62. The van der Waals surface area contributed by atoms with Crippen molar-refractivity contribution in [2.24, 2.45) is 0 Å². The summed E-state index contributed by atoms with van der Waals surface area (Å²) in [4.78, 5) is 12.3. The van der Waals surface area contributed by atoms with Crippen LogP contribution in [0.3, 0.4) is 0 Å². The summed E-state index contributed by atoms with van der Waals surface area (Å²) in [5.41, 5.74) is 0.125. The van der Waals surface area contributed by atoms with Crippen molar-refractivity contribution in [1.29, 1.82) is 0 Å². The van der Waals surface area contributed by atoms with Gasteiger partial charge in [-0.3, -0.25) is 0 Å². The van der Waals surface area contributed by atoms with Crippen LogP contribution in [0, 0.1) is 0 Å². The number of carbonyl (C=O) groups is 1. The van der Waals surface area contributed by atoms with Gasteiger partial charge in [0.1, 0.15) is 29.6 Å². The monoisotopic (exact) mass is 485 g/mol. The minimum absolute atomic E-state index is 0.0268. The molecule has 2 aromatic carbocycles. The van der Waals surface area contributed by atoms with E-state index in [-0.39, 0.29) is 29.4 Å². The first-order valence-electron chi connectivity index (χ1n) is 9.07. The molecule has 0 radical (unpaired) electrons. The van der Waals surface area contributed by atoms with Crippen LogP contribution in [0.5, 0.6) is 11.5 Å². The number of esters is 1. The number of benzene rings is 2. The number of hydrogen-bond donors (Lipinski definition) is 0. The van der Waals surface area contributed by atoms with Crippen molar-refractivity contribution in [1.82, 2.24) is 4.31 Å². The van der Waals surface area contributed by atoms with Crippen LogP contribution in [0.15, 0.2) is 51.8 Å². The van der Waals surface area contributed by atoms with Crippen LogP contribution in [0.1, 0.15) is 24.2 Å². The van der Waals surface area contributed by atoms with Gasteiger partial charge in [-0.05, 0) is 42.5 Å². The van der Waals surface area contributed by atoms with Crippen molar-refractivity contribution < 1.29 is 27.4 Å². The van der Waals surface area contributed by atoms with Crippen LogP contribution in [0.4, 0.5) is 0 Å². The number of ether oxygens (including phenoxy) is 3. The van der Waals surface area contributed by atoms with E-state index in [0.29, 0.717) is 18.8 Å². The maximum absolute atomic E-state index is 12.9. The Morgan fingerprint density at radius 1 is 1.03 bits per heavy atom. The zero-order valence-electron chi connectivity index (χ0n) is 16.6. The number of methoxy groups -OCH3 is 1. The third kappa shape index (κ3) is 5.94. The van der Waals surface area contributed by atoms with Crippen LogP contribution in [-0.4, -0.2) is 52.1 Å². The SMILES string of the molecule is CCN(CC)S(=O)(=O)c1cc(C(=O)OCCOc2ccc(Br)cc2)ccc1OC. The predicted octanol–water partition coefficient (Wildman–Crippen LogP) is 3.72. The molecule has 0 unspecified atom stereocenters. The van der Waals surface area contributed by atoms with E-state index in [1.807, 2.05) is 12.1 Å². The average Bonchev–Trinajstić information content (AvgIpc) is 2.72. The van der Waals surface area contributed by atoms with Crippen LogP contribution in [0.25, 0.3) is 0 Å². The second-order valence-electron chi connectivity index (χ2n) is 5.89. The number of sulfonamides is 1. The molecule has 0 amide bonds. The Morgan fingerprint density at radius 2 is 1.69 bits per heavy atom. The highest BCUT2D eigenvalue weighted by atomic mass is 79.9. The standard InChI is InChI=1S/C20H24BrNO6S/c1-4-22(5-2)29(24,25)19-14-15(6-11-18(19)26-3)20(23)28-13-12-27-17-9-7-16(21)8-10-17/h6-11,14H,4-5,12-13H2,1-3H3. The summed E-state index contributed by atoms with van der Waals surface area (Å²) in [5, 5.41) is 0. The Morgan fingerprint density at radius 3 is 2.28 bits per heavy atom. The van der Waals surface area contributed by atoms with E-state index in [1.54, 1.807) is 26.0 Å². The molecule has 0 aromatic heterocycles. The summed E-state index contributed by atoms with van der Waals surface area (Å²) in [6.45, 7) is 4.31. The van der Waals surface area contributed by atoms with Crippen molar-refractivity contribution >= 4 is 31.9 Å². The van der Waals surface area contributed by atoms with Crippen molar-refractivity contribution in [2.45, 2.75) is 18.7 Å². The topological polar surface area (TPSA) is 82.1 Å². The van der Waals surface area contributed by atoms with E-state index >= 15 is 0 Å². The van der Waals surface area contributed by atoms with Gasteiger partial charge in [-0.1, -0.05) is 29.8 Å². The summed E-state index contributed by atoms with van der Waals surface area (Å²) >= 11 is 3.34. The van der Waals surface area contributed by atoms with E-state index in [9.17, 15) is 13.2 Å². The first-order chi connectivity index (χ1) is 13.8. The first kappa shape index (κ1) is 23.2. The molecule has 0 aliphatic rings. The molecule has 0 heterocycles. The highest BCUT2D eigenvalue weighted by molar-refractivity contribution is 9.10. The van der Waals surface area contributed by atoms with E-state index < -0.39 is 16.0 Å². The molecule has 0 aliphatic carbocycles. The van der Waals surface area contributed by atoms with Gasteiger partial charge < -0.3 is 14.2 Å². The second kappa shape index (κ2) is 10.6. The maximum atomic E-state index is 12.9. The van der Waals surface area contributed by atoms with Gasteiger partial charge in [0, 0.05) is 17.6 Å². The van der Waals surface area contributed by atoms with Gasteiger partial charge in [0.25, 0.3) is 0 Å². The summed E-state index contributed by atoms with van der Waals surface area (Å²) < 4.78 is 43.8. The van der Waals surface area contributed by atoms with E-state index in [0.717, 1.165) is 4.47 Å². The molecule has 2 aromatic rings. The molecule has 0 saturated carbocycles. The van der Waals surface area contributed by atoms with Crippen LogP contribution in [-0.2, 0) is 14.8 Å². The van der Waals surface area contributed by atoms with Crippen LogP contribution in [0.2, 0.25) is 0 Å². The number of hydrogen-bond acceptors (Lipinski definition) is 6. The summed E-state index contributed by atoms with van der Waals surface area (Å²) in [5.74, 6) is 0.191. The molecule has 158 valence electrons. The molecular weight excluding hydrogens is 462 g/mol. The third-order valence-corrected chi connectivity index (χ3v) is 6.72. The number of rotatable bonds is 10. The molecule has 0 aliphatic heterocycles. The summed E-state index contributed by atoms with van der Waals surface area (Å²) in [7, 11) is -2.41. The second-order valence-corrected chi connectivity index (χ2v) is 8.72. The average molecular weight is 486 g/mol. The van der Waals surface area contributed by atoms with Crippen molar-refractivity contribution in [3.63, 3.8) is 0 Å². The molecule has 29 heavy (non-hydrogen) atoms. The molecule has 9 heteroatoms. The summed E-state index contributed by atoms with van der Waals surface area (Å²) in [6, 6.07) is 11.5. The highest BCUT2D eigenvalue weighted by Gasteiger charge is 2.27. The normalized spacial score (nSPS) is 11.3. The van der Waals surface area contributed by atoms with E-state index in [1.165, 1.54) is 29.6 Å². The quantitative estimate of drug-likeness (QED) is 0.376. The summed E-state index contributed by atoms with van der Waals surface area (Å²) in [6.07, 6.45) is 0. The fourth-order valence-corrected chi connectivity index (χ4v) is 4.52. The third-order valence-electron chi connectivity index (χ3n) is 4.12.